The van der Waals surface area contributed by atoms with Crippen LogP contribution in [0.4, 0.5) is 5.69 Å². The van der Waals surface area contributed by atoms with E-state index in [4.69, 9.17) is 10.00 Å². The van der Waals surface area contributed by atoms with Crippen LogP contribution >= 0.6 is 0 Å². The molecule has 1 aromatic carbocycles. The van der Waals surface area contributed by atoms with Crippen molar-refractivity contribution >= 4 is 5.69 Å². The number of likely N-dealkylation sites (N-methyl/N-ethyl adjacent to an activating group) is 1. The summed E-state index contributed by atoms with van der Waals surface area (Å²) < 4.78 is 5.41. The Morgan fingerprint density at radius 3 is 2.89 bits per heavy atom. The number of nitriles is 1. The summed E-state index contributed by atoms with van der Waals surface area (Å²) in [5.41, 5.74) is 1.09. The van der Waals surface area contributed by atoms with E-state index in [1.54, 1.807) is 7.11 Å². The Hall–Kier alpha value is -1.73. The third-order valence-corrected chi connectivity index (χ3v) is 3.41. The molecule has 18 heavy (non-hydrogen) atoms. The molecule has 1 saturated heterocycles. The molecule has 1 heterocycles. The van der Waals surface area contributed by atoms with Crippen LogP contribution in [-0.2, 0) is 0 Å². The van der Waals surface area contributed by atoms with Crippen LogP contribution in [0, 0.1) is 11.3 Å². The van der Waals surface area contributed by atoms with Crippen LogP contribution in [0.3, 0.4) is 0 Å². The van der Waals surface area contributed by atoms with Crippen molar-refractivity contribution in [3.63, 3.8) is 0 Å². The zero-order chi connectivity index (χ0) is 13.0. The highest BCUT2D eigenvalue weighted by atomic mass is 16.5. The summed E-state index contributed by atoms with van der Waals surface area (Å²) in [6.45, 7) is 2.87. The van der Waals surface area contributed by atoms with E-state index in [2.05, 4.69) is 29.0 Å². The van der Waals surface area contributed by atoms with E-state index in [1.165, 1.54) is 0 Å². The lowest BCUT2D eigenvalue weighted by Gasteiger charge is -2.41. The Morgan fingerprint density at radius 2 is 2.17 bits per heavy atom. The summed E-state index contributed by atoms with van der Waals surface area (Å²) >= 11 is 0. The van der Waals surface area contributed by atoms with Gasteiger partial charge < -0.3 is 14.5 Å². The Balaban J connectivity index is 2.26. The van der Waals surface area contributed by atoms with E-state index in [0.29, 0.717) is 6.42 Å². The van der Waals surface area contributed by atoms with Crippen LogP contribution in [0.15, 0.2) is 24.3 Å². The molecule has 96 valence electrons. The molecule has 1 aromatic rings. The van der Waals surface area contributed by atoms with Gasteiger partial charge >= 0.3 is 0 Å². The molecule has 0 aromatic heterocycles. The molecule has 0 N–H and O–H groups in total. The predicted octanol–water partition coefficient (Wildman–Crippen LogP) is 1.73. The number of hydrogen-bond acceptors (Lipinski definition) is 4. The normalized spacial score (nSPS) is 20.5. The predicted molar refractivity (Wildman–Crippen MR) is 71.9 cm³/mol. The Kier molecular flexibility index (Phi) is 4.06. The van der Waals surface area contributed by atoms with Gasteiger partial charge in [-0.2, -0.15) is 5.26 Å². The highest BCUT2D eigenvalue weighted by Crippen LogP contribution is 2.31. The van der Waals surface area contributed by atoms with Crippen LogP contribution in [0.1, 0.15) is 6.42 Å². The number of hydrogen-bond donors (Lipinski definition) is 0. The minimum atomic E-state index is 0.241. The maximum absolute atomic E-state index is 8.97. The summed E-state index contributed by atoms with van der Waals surface area (Å²) in [5.74, 6) is 0.880. The molecule has 0 saturated carbocycles. The van der Waals surface area contributed by atoms with Gasteiger partial charge in [-0.3, -0.25) is 0 Å². The number of rotatable bonds is 3. The molecule has 0 spiro atoms. The molecule has 4 nitrogen and oxygen atoms in total. The van der Waals surface area contributed by atoms with Crippen molar-refractivity contribution in [1.29, 1.82) is 5.26 Å². The number of nitrogens with zero attached hydrogens (tertiary/aromatic N) is 3. The first-order valence-electron chi connectivity index (χ1n) is 6.21. The Bertz CT molecular complexity index is 441. The van der Waals surface area contributed by atoms with Gasteiger partial charge in [0.1, 0.15) is 5.75 Å². The van der Waals surface area contributed by atoms with Crippen LogP contribution < -0.4 is 9.64 Å². The maximum Gasteiger partial charge on any atom is 0.142 e. The first-order chi connectivity index (χ1) is 8.76. The molecule has 0 aliphatic carbocycles. The third-order valence-electron chi connectivity index (χ3n) is 3.41. The average molecular weight is 245 g/mol. The van der Waals surface area contributed by atoms with Gasteiger partial charge in [-0.25, -0.2) is 0 Å². The van der Waals surface area contributed by atoms with Crippen molar-refractivity contribution in [2.24, 2.45) is 0 Å². The highest BCUT2D eigenvalue weighted by Gasteiger charge is 2.26. The zero-order valence-electron chi connectivity index (χ0n) is 11.0. The van der Waals surface area contributed by atoms with Crippen molar-refractivity contribution < 1.29 is 4.74 Å². The Morgan fingerprint density at radius 1 is 1.39 bits per heavy atom. The molecule has 1 fully saturated rings. The molecule has 0 radical (unpaired) electrons. The number of piperazine rings is 1. The van der Waals surface area contributed by atoms with E-state index in [9.17, 15) is 0 Å². The fraction of sp³-hybridized carbons (Fsp3) is 0.500. The second-order valence-corrected chi connectivity index (χ2v) is 4.64. The van der Waals surface area contributed by atoms with Crippen molar-refractivity contribution in [3.05, 3.63) is 24.3 Å². The van der Waals surface area contributed by atoms with Gasteiger partial charge in [-0.1, -0.05) is 12.1 Å². The molecule has 2 rings (SSSR count). The fourth-order valence-corrected chi connectivity index (χ4v) is 2.47. The van der Waals surface area contributed by atoms with Gasteiger partial charge in [0.05, 0.1) is 31.3 Å². The smallest absolute Gasteiger partial charge is 0.142 e. The second kappa shape index (κ2) is 5.74. The van der Waals surface area contributed by atoms with Gasteiger partial charge in [0.15, 0.2) is 0 Å². The number of anilines is 1. The summed E-state index contributed by atoms with van der Waals surface area (Å²) in [6, 6.07) is 10.5. The number of methoxy groups -OCH3 is 1. The number of benzene rings is 1. The lowest BCUT2D eigenvalue weighted by Crippen LogP contribution is -2.51. The van der Waals surface area contributed by atoms with Crippen molar-refractivity contribution in [3.8, 4) is 11.8 Å². The van der Waals surface area contributed by atoms with E-state index in [1.807, 2.05) is 18.2 Å². The van der Waals surface area contributed by atoms with Crippen LogP contribution in [0.2, 0.25) is 0 Å². The average Bonchev–Trinajstić information content (AvgIpc) is 2.39. The standard InChI is InChI=1S/C14H19N3O/c1-16-9-10-17(12(11-16)7-8-15)13-5-3-4-6-14(13)18-2/h3-6,12H,7,9-11H2,1-2H3. The van der Waals surface area contributed by atoms with Crippen molar-refractivity contribution in [2.75, 3.05) is 38.7 Å². The molecule has 1 unspecified atom stereocenters. The summed E-state index contributed by atoms with van der Waals surface area (Å²) in [7, 11) is 3.79. The first-order valence-corrected chi connectivity index (χ1v) is 6.21. The van der Waals surface area contributed by atoms with Gasteiger partial charge in [0, 0.05) is 19.6 Å². The lowest BCUT2D eigenvalue weighted by atomic mass is 10.1. The zero-order valence-corrected chi connectivity index (χ0v) is 11.0. The summed E-state index contributed by atoms with van der Waals surface area (Å²) in [6.07, 6.45) is 0.544. The SMILES string of the molecule is COc1ccccc1N1CCN(C)CC1CC#N. The van der Waals surface area contributed by atoms with Gasteiger partial charge in [0.25, 0.3) is 0 Å². The van der Waals surface area contributed by atoms with E-state index in [0.717, 1.165) is 31.1 Å². The monoisotopic (exact) mass is 245 g/mol. The first kappa shape index (κ1) is 12.7. The minimum Gasteiger partial charge on any atom is -0.495 e. The third kappa shape index (κ3) is 2.57. The molecule has 4 heteroatoms. The van der Waals surface area contributed by atoms with E-state index < -0.39 is 0 Å². The molecule has 0 amide bonds. The second-order valence-electron chi connectivity index (χ2n) is 4.64. The Labute approximate surface area is 108 Å². The summed E-state index contributed by atoms with van der Waals surface area (Å²) in [5, 5.41) is 8.97. The van der Waals surface area contributed by atoms with E-state index in [-0.39, 0.29) is 6.04 Å². The molecule has 1 aliphatic heterocycles. The van der Waals surface area contributed by atoms with Gasteiger partial charge in [-0.15, -0.1) is 0 Å². The largest absolute Gasteiger partial charge is 0.495 e. The molecule has 1 atom stereocenters. The number of ether oxygens (including phenoxy) is 1. The number of para-hydroxylation sites is 2. The topological polar surface area (TPSA) is 39.5 Å². The van der Waals surface area contributed by atoms with Gasteiger partial charge in [-0.05, 0) is 19.2 Å². The lowest BCUT2D eigenvalue weighted by molar-refractivity contribution is 0.267. The quantitative estimate of drug-likeness (QED) is 0.813. The van der Waals surface area contributed by atoms with E-state index >= 15 is 0 Å². The summed E-state index contributed by atoms with van der Waals surface area (Å²) in [4.78, 5) is 4.57. The maximum atomic E-state index is 8.97. The highest BCUT2D eigenvalue weighted by molar-refractivity contribution is 5.59. The fourth-order valence-electron chi connectivity index (χ4n) is 2.47. The molecule has 0 bridgehead atoms. The molecule has 1 aliphatic rings. The van der Waals surface area contributed by atoms with Gasteiger partial charge in [0.2, 0.25) is 0 Å². The van der Waals surface area contributed by atoms with Crippen LogP contribution in [0.25, 0.3) is 0 Å². The van der Waals surface area contributed by atoms with Crippen LogP contribution in [-0.4, -0.2) is 44.7 Å². The molecular formula is C14H19N3O. The van der Waals surface area contributed by atoms with Crippen LogP contribution in [0.5, 0.6) is 5.75 Å². The molecular weight excluding hydrogens is 226 g/mol. The van der Waals surface area contributed by atoms with Crippen molar-refractivity contribution in [1.82, 2.24) is 4.90 Å². The minimum absolute atomic E-state index is 0.241. The van der Waals surface area contributed by atoms with Crippen molar-refractivity contribution in [2.45, 2.75) is 12.5 Å².